The Labute approximate surface area is 139 Å². The Morgan fingerprint density at radius 2 is 2.09 bits per heavy atom. The van der Waals surface area contributed by atoms with E-state index in [1.54, 1.807) is 33.2 Å². The fourth-order valence-electron chi connectivity index (χ4n) is 2.44. The Morgan fingerprint density at radius 3 is 2.70 bits per heavy atom. The predicted molar refractivity (Wildman–Crippen MR) is 90.3 cm³/mol. The van der Waals surface area contributed by atoms with E-state index in [4.69, 9.17) is 16.3 Å². The summed E-state index contributed by atoms with van der Waals surface area (Å²) in [5.74, 6) is 0.306. The van der Waals surface area contributed by atoms with Crippen LogP contribution in [0.15, 0.2) is 12.1 Å². The number of benzene rings is 1. The molecule has 0 unspecified atom stereocenters. The largest absolute Gasteiger partial charge is 0.495 e. The molecule has 2 aromatic rings. The fourth-order valence-corrected chi connectivity index (χ4v) is 2.68. The Balaban J connectivity index is 2.44. The lowest BCUT2D eigenvalue weighted by Gasteiger charge is -2.07. The van der Waals surface area contributed by atoms with Gasteiger partial charge in [0.15, 0.2) is 0 Å². The van der Waals surface area contributed by atoms with Crippen LogP contribution in [0.1, 0.15) is 29.4 Å². The second-order valence-electron chi connectivity index (χ2n) is 5.04. The Kier molecular flexibility index (Phi) is 5.50. The van der Waals surface area contributed by atoms with Crippen LogP contribution in [0.25, 0.3) is 10.9 Å². The zero-order chi connectivity index (χ0) is 17.0. The first-order valence-electron chi connectivity index (χ1n) is 7.38. The molecular weight excluding hydrogens is 318 g/mol. The number of H-pyrrole nitrogens is 1. The highest BCUT2D eigenvalue weighted by molar-refractivity contribution is 6.32. The number of carbonyl (C=O) groups is 2. The maximum absolute atomic E-state index is 12.1. The summed E-state index contributed by atoms with van der Waals surface area (Å²) < 4.78 is 5.25. The second-order valence-corrected chi connectivity index (χ2v) is 5.45. The summed E-state index contributed by atoms with van der Waals surface area (Å²) in [7, 11) is 3.12. The van der Waals surface area contributed by atoms with Gasteiger partial charge in [0.05, 0.1) is 12.1 Å². The average molecular weight is 338 g/mol. The minimum absolute atomic E-state index is 0.0213. The van der Waals surface area contributed by atoms with Crippen molar-refractivity contribution in [2.75, 3.05) is 20.7 Å². The van der Waals surface area contributed by atoms with Gasteiger partial charge in [-0.15, -0.1) is 0 Å². The summed E-state index contributed by atoms with van der Waals surface area (Å²) in [6.07, 6.45) is 0.957. The van der Waals surface area contributed by atoms with Crippen LogP contribution in [-0.2, 0) is 11.2 Å². The van der Waals surface area contributed by atoms with E-state index in [9.17, 15) is 9.59 Å². The zero-order valence-corrected chi connectivity index (χ0v) is 14.1. The number of aromatic amines is 1. The minimum atomic E-state index is -0.215. The summed E-state index contributed by atoms with van der Waals surface area (Å²) in [4.78, 5) is 26.6. The Morgan fingerprint density at radius 1 is 1.35 bits per heavy atom. The summed E-state index contributed by atoms with van der Waals surface area (Å²) in [5.41, 5.74) is 2.05. The molecule has 1 aromatic heterocycles. The molecule has 3 N–H and O–H groups in total. The van der Waals surface area contributed by atoms with Gasteiger partial charge in [-0.25, -0.2) is 0 Å². The van der Waals surface area contributed by atoms with Crippen molar-refractivity contribution in [1.82, 2.24) is 15.6 Å². The van der Waals surface area contributed by atoms with Crippen molar-refractivity contribution in [3.63, 3.8) is 0 Å². The molecule has 23 heavy (non-hydrogen) atoms. The van der Waals surface area contributed by atoms with Gasteiger partial charge in [-0.3, -0.25) is 9.59 Å². The average Bonchev–Trinajstić information content (AvgIpc) is 2.90. The van der Waals surface area contributed by atoms with Crippen molar-refractivity contribution >= 4 is 34.3 Å². The van der Waals surface area contributed by atoms with E-state index in [0.717, 1.165) is 16.5 Å². The number of methoxy groups -OCH3 is 1. The van der Waals surface area contributed by atoms with Crippen LogP contribution in [-0.4, -0.2) is 37.5 Å². The first-order valence-corrected chi connectivity index (χ1v) is 7.76. The lowest BCUT2D eigenvalue weighted by atomic mass is 10.1. The molecule has 6 nitrogen and oxygen atoms in total. The van der Waals surface area contributed by atoms with Gasteiger partial charge in [-0.2, -0.15) is 0 Å². The van der Waals surface area contributed by atoms with Crippen molar-refractivity contribution < 1.29 is 14.3 Å². The summed E-state index contributed by atoms with van der Waals surface area (Å²) in [6, 6.07) is 3.54. The standard InChI is InChI=1S/C16H20ClN3O3/c1-4-14(21)19-6-5-9-10-7-13(23-3)11(17)8-12(10)20-15(9)16(22)18-2/h7-8,20H,4-6H2,1-3H3,(H,18,22)(H,19,21). The number of fused-ring (bicyclic) bond motifs is 1. The van der Waals surface area contributed by atoms with Crippen LogP contribution in [0.3, 0.4) is 0 Å². The van der Waals surface area contributed by atoms with Crippen molar-refractivity contribution in [3.05, 3.63) is 28.4 Å². The van der Waals surface area contributed by atoms with Crippen molar-refractivity contribution in [2.45, 2.75) is 19.8 Å². The monoisotopic (exact) mass is 337 g/mol. The SMILES string of the molecule is CCC(=O)NCCc1c(C(=O)NC)[nH]c2cc(Cl)c(OC)cc12. The molecule has 0 bridgehead atoms. The van der Waals surface area contributed by atoms with Gasteiger partial charge in [-0.05, 0) is 24.1 Å². The molecular formula is C16H20ClN3O3. The van der Waals surface area contributed by atoms with Crippen LogP contribution in [0.5, 0.6) is 5.75 Å². The molecule has 124 valence electrons. The van der Waals surface area contributed by atoms with Gasteiger partial charge in [0.25, 0.3) is 5.91 Å². The van der Waals surface area contributed by atoms with E-state index in [1.165, 1.54) is 0 Å². The van der Waals surface area contributed by atoms with Gasteiger partial charge in [0.2, 0.25) is 5.91 Å². The number of hydrogen-bond acceptors (Lipinski definition) is 3. The third-order valence-corrected chi connectivity index (χ3v) is 3.95. The topological polar surface area (TPSA) is 83.2 Å². The van der Waals surface area contributed by atoms with E-state index in [1.807, 2.05) is 0 Å². The van der Waals surface area contributed by atoms with Crippen LogP contribution < -0.4 is 15.4 Å². The smallest absolute Gasteiger partial charge is 0.267 e. The highest BCUT2D eigenvalue weighted by atomic mass is 35.5. The van der Waals surface area contributed by atoms with Crippen molar-refractivity contribution in [2.24, 2.45) is 0 Å². The number of rotatable bonds is 6. The molecule has 2 rings (SSSR count). The van der Waals surface area contributed by atoms with Crippen LogP contribution in [0.4, 0.5) is 0 Å². The van der Waals surface area contributed by atoms with Crippen LogP contribution in [0, 0.1) is 0 Å². The molecule has 0 fully saturated rings. The normalized spacial score (nSPS) is 10.6. The maximum atomic E-state index is 12.1. The van der Waals surface area contributed by atoms with E-state index < -0.39 is 0 Å². The van der Waals surface area contributed by atoms with Gasteiger partial charge in [-0.1, -0.05) is 18.5 Å². The summed E-state index contributed by atoms with van der Waals surface area (Å²) >= 11 is 6.14. The van der Waals surface area contributed by atoms with Gasteiger partial charge >= 0.3 is 0 Å². The Bertz CT molecular complexity index is 740. The zero-order valence-electron chi connectivity index (χ0n) is 13.4. The summed E-state index contributed by atoms with van der Waals surface area (Å²) in [5, 5.41) is 6.76. The molecule has 2 amide bonds. The summed E-state index contributed by atoms with van der Waals surface area (Å²) in [6.45, 7) is 2.25. The minimum Gasteiger partial charge on any atom is -0.495 e. The van der Waals surface area contributed by atoms with Gasteiger partial charge in [0.1, 0.15) is 11.4 Å². The highest BCUT2D eigenvalue weighted by Crippen LogP contribution is 2.33. The number of ether oxygens (including phenoxy) is 1. The number of aromatic nitrogens is 1. The van der Waals surface area contributed by atoms with Crippen LogP contribution in [0.2, 0.25) is 5.02 Å². The molecule has 0 aliphatic rings. The highest BCUT2D eigenvalue weighted by Gasteiger charge is 2.18. The number of hydrogen-bond donors (Lipinski definition) is 3. The molecule has 7 heteroatoms. The van der Waals surface area contributed by atoms with Crippen molar-refractivity contribution in [1.29, 1.82) is 0 Å². The van der Waals surface area contributed by atoms with Crippen molar-refractivity contribution in [3.8, 4) is 5.75 Å². The Hall–Kier alpha value is -2.21. The van der Waals surface area contributed by atoms with Gasteiger partial charge < -0.3 is 20.4 Å². The third-order valence-electron chi connectivity index (χ3n) is 3.65. The van der Waals surface area contributed by atoms with E-state index >= 15 is 0 Å². The van der Waals surface area contributed by atoms with E-state index in [0.29, 0.717) is 35.9 Å². The van der Waals surface area contributed by atoms with E-state index in [-0.39, 0.29) is 11.8 Å². The predicted octanol–water partition coefficient (Wildman–Crippen LogP) is 2.26. The van der Waals surface area contributed by atoms with E-state index in [2.05, 4.69) is 15.6 Å². The number of carbonyl (C=O) groups excluding carboxylic acids is 2. The first-order chi connectivity index (χ1) is 11.0. The first kappa shape index (κ1) is 17.1. The number of nitrogens with one attached hydrogen (secondary N) is 3. The molecule has 0 aliphatic carbocycles. The maximum Gasteiger partial charge on any atom is 0.267 e. The molecule has 1 aromatic carbocycles. The molecule has 1 heterocycles. The molecule has 0 radical (unpaired) electrons. The van der Waals surface area contributed by atoms with Crippen LogP contribution >= 0.6 is 11.6 Å². The molecule has 0 saturated carbocycles. The lowest BCUT2D eigenvalue weighted by Crippen LogP contribution is -2.26. The molecule has 0 saturated heterocycles. The fraction of sp³-hybridized carbons (Fsp3) is 0.375. The third kappa shape index (κ3) is 3.59. The molecule has 0 atom stereocenters. The molecule has 0 aliphatic heterocycles. The lowest BCUT2D eigenvalue weighted by molar-refractivity contribution is -0.120. The molecule has 0 spiro atoms. The van der Waals surface area contributed by atoms with Gasteiger partial charge in [0, 0.05) is 30.9 Å². The number of amides is 2. The quantitative estimate of drug-likeness (QED) is 0.756. The number of halogens is 1. The second kappa shape index (κ2) is 7.37.